The largest absolute Gasteiger partial charge is 0.443 e. The van der Waals surface area contributed by atoms with Crippen LogP contribution in [0.5, 0.6) is 0 Å². The second-order valence-electron chi connectivity index (χ2n) is 5.70. The van der Waals surface area contributed by atoms with Gasteiger partial charge in [0, 0.05) is 5.56 Å². The molecule has 0 spiro atoms. The molecule has 0 radical (unpaired) electrons. The van der Waals surface area contributed by atoms with Gasteiger partial charge in [-0.05, 0) is 32.0 Å². The number of amides is 1. The van der Waals surface area contributed by atoms with Crippen LogP contribution in [0.4, 0.5) is 0 Å². The molecule has 0 saturated heterocycles. The van der Waals surface area contributed by atoms with Gasteiger partial charge in [0.25, 0.3) is 5.91 Å². The molecule has 0 atom stereocenters. The summed E-state index contributed by atoms with van der Waals surface area (Å²) in [5.41, 5.74) is 1.66. The van der Waals surface area contributed by atoms with Crippen molar-refractivity contribution in [3.05, 3.63) is 42.0 Å². The van der Waals surface area contributed by atoms with E-state index in [4.69, 9.17) is 9.52 Å². The Kier molecular flexibility index (Phi) is 3.83. The molecular weight excluding hydrogens is 298 g/mol. The number of oxazole rings is 1. The third-order valence-corrected chi connectivity index (χ3v) is 3.53. The van der Waals surface area contributed by atoms with Crippen molar-refractivity contribution in [2.75, 3.05) is 6.61 Å². The molecule has 0 fully saturated rings. The van der Waals surface area contributed by atoms with E-state index in [1.165, 1.54) is 11.1 Å². The van der Waals surface area contributed by atoms with Crippen molar-refractivity contribution < 1.29 is 14.3 Å². The predicted octanol–water partition coefficient (Wildman–Crippen LogP) is 1.08. The highest BCUT2D eigenvalue weighted by molar-refractivity contribution is 5.97. The first kappa shape index (κ1) is 15.2. The van der Waals surface area contributed by atoms with Crippen LogP contribution < -0.4 is 5.32 Å². The zero-order chi connectivity index (χ0) is 16.4. The molecule has 0 aliphatic heterocycles. The Bertz CT molecular complexity index is 836. The topological polar surface area (TPSA) is 106 Å². The van der Waals surface area contributed by atoms with Crippen LogP contribution in [0.15, 0.2) is 35.2 Å². The maximum absolute atomic E-state index is 12.5. The Hall–Kier alpha value is -2.74. The lowest BCUT2D eigenvalue weighted by molar-refractivity contribution is 0.0910. The van der Waals surface area contributed by atoms with Crippen LogP contribution in [0.3, 0.4) is 0 Å². The first-order valence-electron chi connectivity index (χ1n) is 7.17. The van der Waals surface area contributed by atoms with E-state index in [0.717, 1.165) is 0 Å². The number of rotatable bonds is 5. The summed E-state index contributed by atoms with van der Waals surface area (Å²) in [4.78, 5) is 16.5. The first-order chi connectivity index (χ1) is 11.0. The molecule has 0 saturated carbocycles. The predicted molar refractivity (Wildman–Crippen MR) is 81.6 cm³/mol. The number of aliphatic hydroxyl groups excluding tert-OH is 1. The molecule has 1 aromatic carbocycles. The first-order valence-corrected chi connectivity index (χ1v) is 7.17. The van der Waals surface area contributed by atoms with Crippen LogP contribution in [0.25, 0.3) is 11.1 Å². The van der Waals surface area contributed by atoms with Crippen LogP contribution in [-0.2, 0) is 12.1 Å². The number of nitrogens with one attached hydrogen (secondary N) is 1. The summed E-state index contributed by atoms with van der Waals surface area (Å²) in [6.45, 7) is 4.02. The monoisotopic (exact) mass is 315 g/mol. The molecule has 1 amide bonds. The van der Waals surface area contributed by atoms with E-state index < -0.39 is 5.54 Å². The SMILES string of the molecule is CC(C)(NC(=O)c1ccc2ocnc2c1)c1cn(CCO)nn1. The fourth-order valence-electron chi connectivity index (χ4n) is 2.22. The minimum Gasteiger partial charge on any atom is -0.443 e. The Morgan fingerprint density at radius 3 is 3.04 bits per heavy atom. The minimum atomic E-state index is -0.705. The summed E-state index contributed by atoms with van der Waals surface area (Å²) >= 11 is 0. The number of benzene rings is 1. The minimum absolute atomic E-state index is 0.0205. The van der Waals surface area contributed by atoms with Crippen molar-refractivity contribution in [2.45, 2.75) is 25.9 Å². The van der Waals surface area contributed by atoms with Crippen LogP contribution in [-0.4, -0.2) is 37.6 Å². The third kappa shape index (κ3) is 3.07. The van der Waals surface area contributed by atoms with E-state index >= 15 is 0 Å². The van der Waals surface area contributed by atoms with Gasteiger partial charge >= 0.3 is 0 Å². The zero-order valence-corrected chi connectivity index (χ0v) is 12.9. The van der Waals surface area contributed by atoms with Gasteiger partial charge < -0.3 is 14.8 Å². The Morgan fingerprint density at radius 2 is 2.26 bits per heavy atom. The van der Waals surface area contributed by atoms with Crippen LogP contribution in [0, 0.1) is 0 Å². The van der Waals surface area contributed by atoms with E-state index in [9.17, 15) is 4.79 Å². The molecule has 8 heteroatoms. The Morgan fingerprint density at radius 1 is 1.43 bits per heavy atom. The van der Waals surface area contributed by atoms with Gasteiger partial charge in [-0.3, -0.25) is 4.79 Å². The van der Waals surface area contributed by atoms with Gasteiger partial charge in [0.05, 0.1) is 24.9 Å². The molecule has 23 heavy (non-hydrogen) atoms. The fraction of sp³-hybridized carbons (Fsp3) is 0.333. The zero-order valence-electron chi connectivity index (χ0n) is 12.9. The normalized spacial score (nSPS) is 11.8. The van der Waals surface area contributed by atoms with Crippen molar-refractivity contribution in [3.8, 4) is 0 Å². The van der Waals surface area contributed by atoms with Gasteiger partial charge in [-0.15, -0.1) is 5.10 Å². The van der Waals surface area contributed by atoms with Gasteiger partial charge in [-0.25, -0.2) is 9.67 Å². The highest BCUT2D eigenvalue weighted by Crippen LogP contribution is 2.19. The summed E-state index contributed by atoms with van der Waals surface area (Å²) < 4.78 is 6.70. The van der Waals surface area contributed by atoms with Crippen LogP contribution >= 0.6 is 0 Å². The summed E-state index contributed by atoms with van der Waals surface area (Å²) in [6, 6.07) is 5.07. The summed E-state index contributed by atoms with van der Waals surface area (Å²) in [7, 11) is 0. The highest BCUT2D eigenvalue weighted by atomic mass is 16.3. The number of nitrogens with zero attached hydrogens (tertiary/aromatic N) is 4. The molecule has 120 valence electrons. The van der Waals surface area contributed by atoms with Gasteiger partial charge in [0.15, 0.2) is 12.0 Å². The highest BCUT2D eigenvalue weighted by Gasteiger charge is 2.27. The Balaban J connectivity index is 1.79. The van der Waals surface area contributed by atoms with Crippen LogP contribution in [0.2, 0.25) is 0 Å². The van der Waals surface area contributed by atoms with Gasteiger partial charge in [-0.1, -0.05) is 5.21 Å². The molecule has 0 unspecified atom stereocenters. The average molecular weight is 315 g/mol. The second-order valence-corrected chi connectivity index (χ2v) is 5.70. The molecule has 0 bridgehead atoms. The van der Waals surface area contributed by atoms with Gasteiger partial charge in [-0.2, -0.15) is 0 Å². The van der Waals surface area contributed by atoms with Crippen molar-refractivity contribution in [1.82, 2.24) is 25.3 Å². The molecule has 8 nitrogen and oxygen atoms in total. The number of hydrogen-bond acceptors (Lipinski definition) is 6. The van der Waals surface area contributed by atoms with E-state index in [0.29, 0.717) is 28.9 Å². The molecule has 2 aromatic heterocycles. The quantitative estimate of drug-likeness (QED) is 0.729. The lowest BCUT2D eigenvalue weighted by Gasteiger charge is -2.23. The average Bonchev–Trinajstić information content (AvgIpc) is 3.15. The number of aromatic nitrogens is 4. The molecule has 3 aromatic rings. The fourth-order valence-corrected chi connectivity index (χ4v) is 2.22. The smallest absolute Gasteiger partial charge is 0.252 e. The molecule has 0 aliphatic carbocycles. The Labute approximate surface area is 132 Å². The van der Waals surface area contributed by atoms with Crippen LogP contribution in [0.1, 0.15) is 29.9 Å². The number of carbonyl (C=O) groups is 1. The molecular formula is C15H17N5O3. The third-order valence-electron chi connectivity index (χ3n) is 3.53. The summed E-state index contributed by atoms with van der Waals surface area (Å²) in [5, 5.41) is 19.8. The molecule has 0 aliphatic rings. The number of aliphatic hydroxyl groups is 1. The lowest BCUT2D eigenvalue weighted by Crippen LogP contribution is -2.41. The maximum atomic E-state index is 12.5. The van der Waals surface area contributed by atoms with Crippen molar-refractivity contribution in [3.63, 3.8) is 0 Å². The van der Waals surface area contributed by atoms with E-state index in [2.05, 4.69) is 20.6 Å². The molecule has 3 rings (SSSR count). The van der Waals surface area contributed by atoms with Gasteiger partial charge in [0.1, 0.15) is 11.2 Å². The summed E-state index contributed by atoms with van der Waals surface area (Å²) in [6.07, 6.45) is 3.05. The number of fused-ring (bicyclic) bond motifs is 1. The standard InChI is InChI=1S/C15H17N5O3/c1-15(2,13-8-20(5-6-21)19-18-13)17-14(22)10-3-4-12-11(7-10)16-9-23-12/h3-4,7-9,21H,5-6H2,1-2H3,(H,17,22). The number of hydrogen-bond donors (Lipinski definition) is 2. The lowest BCUT2D eigenvalue weighted by atomic mass is 10.0. The van der Waals surface area contributed by atoms with Crippen molar-refractivity contribution in [1.29, 1.82) is 0 Å². The number of carbonyl (C=O) groups excluding carboxylic acids is 1. The molecule has 2 heterocycles. The van der Waals surface area contributed by atoms with Crippen molar-refractivity contribution >= 4 is 17.0 Å². The van der Waals surface area contributed by atoms with Gasteiger partial charge in [0.2, 0.25) is 0 Å². The summed E-state index contributed by atoms with van der Waals surface area (Å²) in [5.74, 6) is -0.239. The maximum Gasteiger partial charge on any atom is 0.252 e. The van der Waals surface area contributed by atoms with E-state index in [1.807, 2.05) is 13.8 Å². The van der Waals surface area contributed by atoms with Crippen molar-refractivity contribution in [2.24, 2.45) is 0 Å². The van der Waals surface area contributed by atoms with E-state index in [-0.39, 0.29) is 12.5 Å². The molecule has 2 N–H and O–H groups in total. The van der Waals surface area contributed by atoms with E-state index in [1.54, 1.807) is 24.4 Å². The second kappa shape index (κ2) is 5.81.